The van der Waals surface area contributed by atoms with Crippen molar-refractivity contribution in [2.24, 2.45) is 0 Å². The van der Waals surface area contributed by atoms with Crippen molar-refractivity contribution in [3.05, 3.63) is 83.1 Å². The summed E-state index contributed by atoms with van der Waals surface area (Å²) >= 11 is 0. The molecular weight excluding hydrogens is 369 g/mol. The lowest BCUT2D eigenvalue weighted by atomic mass is 10.1. The van der Waals surface area contributed by atoms with Gasteiger partial charge in [-0.25, -0.2) is 0 Å². The second kappa shape index (κ2) is 7.61. The van der Waals surface area contributed by atoms with E-state index in [0.717, 1.165) is 17.7 Å². The molecule has 0 aliphatic heterocycles. The van der Waals surface area contributed by atoms with Crippen molar-refractivity contribution in [2.45, 2.75) is 12.7 Å². The molecule has 0 aliphatic rings. The van der Waals surface area contributed by atoms with Gasteiger partial charge in [0.05, 0.1) is 17.2 Å². The van der Waals surface area contributed by atoms with Crippen molar-refractivity contribution in [1.82, 2.24) is 4.90 Å². The van der Waals surface area contributed by atoms with Crippen molar-refractivity contribution < 1.29 is 22.4 Å². The van der Waals surface area contributed by atoms with E-state index in [-0.39, 0.29) is 23.6 Å². The standard InChI is InChI=1S/C21H15F3N2O2/c1-26(13-15-5-2-4-14(10-15)12-25)20(27)19-9-8-18(28-19)16-6-3-7-17(11-16)21(22,23)24/h2-11H,13H2,1H3. The van der Waals surface area contributed by atoms with Crippen LogP contribution < -0.4 is 0 Å². The highest BCUT2D eigenvalue weighted by Gasteiger charge is 2.30. The molecule has 3 rings (SSSR count). The van der Waals surface area contributed by atoms with E-state index in [1.165, 1.54) is 29.2 Å². The van der Waals surface area contributed by atoms with Gasteiger partial charge in [-0.3, -0.25) is 4.79 Å². The van der Waals surface area contributed by atoms with E-state index < -0.39 is 17.6 Å². The molecule has 142 valence electrons. The molecule has 1 amide bonds. The normalized spacial score (nSPS) is 11.1. The Labute approximate surface area is 159 Å². The van der Waals surface area contributed by atoms with Crippen molar-refractivity contribution >= 4 is 5.91 Å². The van der Waals surface area contributed by atoms with Gasteiger partial charge in [0, 0.05) is 19.2 Å². The van der Waals surface area contributed by atoms with Crippen LogP contribution in [0.25, 0.3) is 11.3 Å². The fourth-order valence-corrected chi connectivity index (χ4v) is 2.73. The van der Waals surface area contributed by atoms with Crippen LogP contribution in [0.4, 0.5) is 13.2 Å². The van der Waals surface area contributed by atoms with Crippen molar-refractivity contribution in [2.75, 3.05) is 7.05 Å². The van der Waals surface area contributed by atoms with Gasteiger partial charge in [-0.2, -0.15) is 18.4 Å². The van der Waals surface area contributed by atoms with Crippen LogP contribution in [0.1, 0.15) is 27.2 Å². The van der Waals surface area contributed by atoms with Crippen LogP contribution >= 0.6 is 0 Å². The number of nitrogens with zero attached hydrogens (tertiary/aromatic N) is 2. The molecule has 0 spiro atoms. The number of carbonyl (C=O) groups excluding carboxylic acids is 1. The predicted octanol–water partition coefficient (Wildman–Crippen LogP) is 5.11. The maximum atomic E-state index is 12.9. The smallest absolute Gasteiger partial charge is 0.416 e. The summed E-state index contributed by atoms with van der Waals surface area (Å²) in [4.78, 5) is 14.0. The molecule has 0 radical (unpaired) electrons. The lowest BCUT2D eigenvalue weighted by Crippen LogP contribution is -2.25. The Morgan fingerprint density at radius 2 is 1.86 bits per heavy atom. The predicted molar refractivity (Wildman–Crippen MR) is 96.1 cm³/mol. The average molecular weight is 384 g/mol. The molecule has 1 aromatic heterocycles. The molecule has 7 heteroatoms. The summed E-state index contributed by atoms with van der Waals surface area (Å²) < 4.78 is 44.1. The number of alkyl halides is 3. The van der Waals surface area contributed by atoms with Crippen LogP contribution in [0.15, 0.2) is 65.1 Å². The van der Waals surface area contributed by atoms with Gasteiger partial charge in [0.15, 0.2) is 5.76 Å². The van der Waals surface area contributed by atoms with Gasteiger partial charge in [-0.15, -0.1) is 0 Å². The lowest BCUT2D eigenvalue weighted by molar-refractivity contribution is -0.137. The number of halogens is 3. The number of hydrogen-bond donors (Lipinski definition) is 0. The van der Waals surface area contributed by atoms with Gasteiger partial charge in [-0.1, -0.05) is 24.3 Å². The topological polar surface area (TPSA) is 57.2 Å². The summed E-state index contributed by atoms with van der Waals surface area (Å²) in [5.41, 5.74) is 0.713. The van der Waals surface area contributed by atoms with E-state index in [2.05, 4.69) is 0 Å². The molecular formula is C21H15F3N2O2. The maximum absolute atomic E-state index is 12.9. The number of nitriles is 1. The Bertz CT molecular complexity index is 1050. The Kier molecular flexibility index (Phi) is 5.23. The summed E-state index contributed by atoms with van der Waals surface area (Å²) in [5, 5.41) is 8.95. The van der Waals surface area contributed by atoms with E-state index in [1.54, 1.807) is 31.3 Å². The Balaban J connectivity index is 1.78. The Morgan fingerprint density at radius 3 is 2.57 bits per heavy atom. The monoisotopic (exact) mass is 384 g/mol. The molecule has 0 saturated carbocycles. The van der Waals surface area contributed by atoms with Gasteiger partial charge in [0.1, 0.15) is 5.76 Å². The van der Waals surface area contributed by atoms with E-state index >= 15 is 0 Å². The minimum absolute atomic E-state index is 0.0198. The van der Waals surface area contributed by atoms with Crippen LogP contribution in [-0.2, 0) is 12.7 Å². The second-order valence-corrected chi connectivity index (χ2v) is 6.22. The van der Waals surface area contributed by atoms with Gasteiger partial charge in [-0.05, 0) is 42.0 Å². The summed E-state index contributed by atoms with van der Waals surface area (Å²) in [7, 11) is 1.58. The first-order chi connectivity index (χ1) is 13.3. The van der Waals surface area contributed by atoms with E-state index in [9.17, 15) is 18.0 Å². The van der Waals surface area contributed by atoms with Crippen LogP contribution in [0, 0.1) is 11.3 Å². The zero-order valence-corrected chi connectivity index (χ0v) is 14.8. The van der Waals surface area contributed by atoms with Gasteiger partial charge in [0.2, 0.25) is 0 Å². The molecule has 4 nitrogen and oxygen atoms in total. The van der Waals surface area contributed by atoms with Crippen molar-refractivity contribution in [3.8, 4) is 17.4 Å². The highest BCUT2D eigenvalue weighted by molar-refractivity contribution is 5.92. The number of carbonyl (C=O) groups is 1. The number of benzene rings is 2. The Morgan fingerprint density at radius 1 is 1.11 bits per heavy atom. The first-order valence-electron chi connectivity index (χ1n) is 8.30. The zero-order valence-electron chi connectivity index (χ0n) is 14.8. The molecule has 0 unspecified atom stereocenters. The number of hydrogen-bond acceptors (Lipinski definition) is 3. The minimum atomic E-state index is -4.46. The number of amides is 1. The summed E-state index contributed by atoms with van der Waals surface area (Å²) in [6.07, 6.45) is -4.46. The largest absolute Gasteiger partial charge is 0.451 e. The molecule has 0 bridgehead atoms. The summed E-state index contributed by atoms with van der Waals surface area (Å²) in [6, 6.07) is 16.5. The fraction of sp³-hybridized carbons (Fsp3) is 0.143. The SMILES string of the molecule is CN(Cc1cccc(C#N)c1)C(=O)c1ccc(-c2cccc(C(F)(F)F)c2)o1. The van der Waals surface area contributed by atoms with Crippen LogP contribution in [0.3, 0.4) is 0 Å². The molecule has 0 saturated heterocycles. The first kappa shape index (κ1) is 19.2. The fourth-order valence-electron chi connectivity index (χ4n) is 2.73. The van der Waals surface area contributed by atoms with Gasteiger partial charge >= 0.3 is 6.18 Å². The highest BCUT2D eigenvalue weighted by atomic mass is 19.4. The molecule has 1 heterocycles. The average Bonchev–Trinajstić information content (AvgIpc) is 3.17. The van der Waals surface area contributed by atoms with Crippen molar-refractivity contribution in [1.29, 1.82) is 5.26 Å². The quantitative estimate of drug-likeness (QED) is 0.628. The highest BCUT2D eigenvalue weighted by Crippen LogP contribution is 2.32. The second-order valence-electron chi connectivity index (χ2n) is 6.22. The van der Waals surface area contributed by atoms with E-state index in [4.69, 9.17) is 9.68 Å². The molecule has 0 N–H and O–H groups in total. The third-order valence-corrected chi connectivity index (χ3v) is 4.11. The molecule has 28 heavy (non-hydrogen) atoms. The molecule has 3 aromatic rings. The van der Waals surface area contributed by atoms with Crippen LogP contribution in [-0.4, -0.2) is 17.9 Å². The third kappa shape index (κ3) is 4.23. The molecule has 2 aromatic carbocycles. The molecule has 0 fully saturated rings. The van der Waals surface area contributed by atoms with Crippen LogP contribution in [0.5, 0.6) is 0 Å². The number of rotatable bonds is 4. The molecule has 0 aliphatic carbocycles. The Hall–Kier alpha value is -3.53. The van der Waals surface area contributed by atoms with Gasteiger partial charge < -0.3 is 9.32 Å². The van der Waals surface area contributed by atoms with Crippen molar-refractivity contribution in [3.63, 3.8) is 0 Å². The molecule has 0 atom stereocenters. The number of furan rings is 1. The van der Waals surface area contributed by atoms with Gasteiger partial charge in [0.25, 0.3) is 5.91 Å². The maximum Gasteiger partial charge on any atom is 0.416 e. The summed E-state index contributed by atoms with van der Waals surface area (Å²) in [6.45, 7) is 0.258. The van der Waals surface area contributed by atoms with Crippen LogP contribution in [0.2, 0.25) is 0 Å². The van der Waals surface area contributed by atoms with E-state index in [1.807, 2.05) is 6.07 Å². The first-order valence-corrected chi connectivity index (χ1v) is 8.30. The lowest BCUT2D eigenvalue weighted by Gasteiger charge is -2.16. The zero-order chi connectivity index (χ0) is 20.3. The third-order valence-electron chi connectivity index (χ3n) is 4.11. The minimum Gasteiger partial charge on any atom is -0.451 e. The van der Waals surface area contributed by atoms with E-state index in [0.29, 0.717) is 5.56 Å². The summed E-state index contributed by atoms with van der Waals surface area (Å²) in [5.74, 6) is -0.221.